The highest BCUT2D eigenvalue weighted by atomic mass is 16.5. The van der Waals surface area contributed by atoms with Crippen LogP contribution in [-0.4, -0.2) is 33.4 Å². The molecule has 1 saturated heterocycles. The summed E-state index contributed by atoms with van der Waals surface area (Å²) >= 11 is 0. The molecule has 1 aliphatic heterocycles. The van der Waals surface area contributed by atoms with Crippen molar-refractivity contribution in [1.82, 2.24) is 14.9 Å². The van der Waals surface area contributed by atoms with Crippen molar-refractivity contribution in [3.63, 3.8) is 0 Å². The fourth-order valence-corrected chi connectivity index (χ4v) is 4.95. The van der Waals surface area contributed by atoms with Crippen LogP contribution in [0.15, 0.2) is 107 Å². The maximum atomic E-state index is 12.3. The fourth-order valence-electron chi connectivity index (χ4n) is 4.95. The summed E-state index contributed by atoms with van der Waals surface area (Å²) in [7, 11) is 0. The van der Waals surface area contributed by atoms with Crippen LogP contribution in [0.5, 0.6) is 0 Å². The Labute approximate surface area is 213 Å². The summed E-state index contributed by atoms with van der Waals surface area (Å²) in [5.74, 6) is 0. The van der Waals surface area contributed by atoms with Crippen LogP contribution >= 0.6 is 0 Å². The minimum absolute atomic E-state index is 0.210. The number of nitrogens with one attached hydrogen (secondary N) is 2. The van der Waals surface area contributed by atoms with Gasteiger partial charge in [0.2, 0.25) is 0 Å². The second-order valence-corrected chi connectivity index (χ2v) is 8.97. The Hall–Kier alpha value is -4.29. The number of hydrogen-bond donors (Lipinski definition) is 3. The first kappa shape index (κ1) is 24.4. The molecule has 3 unspecified atom stereocenters. The van der Waals surface area contributed by atoms with Crippen LogP contribution in [-0.2, 0) is 10.3 Å². The van der Waals surface area contributed by atoms with E-state index in [2.05, 4.69) is 15.1 Å². The van der Waals surface area contributed by atoms with Gasteiger partial charge in [0.25, 0.3) is 5.56 Å². The molecule has 2 heterocycles. The van der Waals surface area contributed by atoms with E-state index < -0.39 is 35.2 Å². The number of ether oxygens (including phenoxy) is 1. The average molecular weight is 495 g/mol. The first-order valence-corrected chi connectivity index (χ1v) is 12.0. The van der Waals surface area contributed by atoms with Crippen LogP contribution in [0.2, 0.25) is 0 Å². The van der Waals surface area contributed by atoms with Gasteiger partial charge in [-0.2, -0.15) is 0 Å². The quantitative estimate of drug-likeness (QED) is 0.270. The molecule has 8 heteroatoms. The number of H-pyrrole nitrogens is 1. The molecule has 0 spiro atoms. The highest BCUT2D eigenvalue weighted by Crippen LogP contribution is 2.38. The second kappa shape index (κ2) is 10.4. The lowest BCUT2D eigenvalue weighted by Crippen LogP contribution is -2.49. The number of aliphatic hydroxyl groups is 1. The monoisotopic (exact) mass is 494 g/mol. The Morgan fingerprint density at radius 2 is 1.54 bits per heavy atom. The van der Waals surface area contributed by atoms with E-state index in [0.29, 0.717) is 5.69 Å². The number of hydrogen-bond acceptors (Lipinski definition) is 5. The maximum absolute atomic E-state index is 12.3. The van der Waals surface area contributed by atoms with Crippen molar-refractivity contribution in [2.24, 2.45) is 0 Å². The van der Waals surface area contributed by atoms with Crippen molar-refractivity contribution >= 4 is 5.69 Å². The summed E-state index contributed by atoms with van der Waals surface area (Å²) in [6.45, 7) is 7.62. The largest absolute Gasteiger partial charge is 0.390 e. The van der Waals surface area contributed by atoms with Gasteiger partial charge in [0.05, 0.1) is 24.3 Å². The van der Waals surface area contributed by atoms with Gasteiger partial charge in [-0.3, -0.25) is 19.7 Å². The molecule has 0 saturated carbocycles. The summed E-state index contributed by atoms with van der Waals surface area (Å²) in [4.78, 5) is 29.5. The molecule has 1 aromatic heterocycles. The highest BCUT2D eigenvalue weighted by Gasteiger charge is 2.40. The van der Waals surface area contributed by atoms with Gasteiger partial charge in [-0.05, 0) is 16.7 Å². The third-order valence-corrected chi connectivity index (χ3v) is 6.78. The Morgan fingerprint density at radius 3 is 2.11 bits per heavy atom. The van der Waals surface area contributed by atoms with Gasteiger partial charge in [-0.1, -0.05) is 84.9 Å². The van der Waals surface area contributed by atoms with E-state index >= 15 is 0 Å². The zero-order valence-corrected chi connectivity index (χ0v) is 20.0. The highest BCUT2D eigenvalue weighted by molar-refractivity contribution is 5.54. The smallest absolute Gasteiger partial charge is 0.330 e. The van der Waals surface area contributed by atoms with E-state index in [1.807, 2.05) is 72.8 Å². The van der Waals surface area contributed by atoms with E-state index in [1.165, 1.54) is 16.8 Å². The van der Waals surface area contributed by atoms with Crippen LogP contribution in [0.1, 0.15) is 29.3 Å². The van der Waals surface area contributed by atoms with E-state index in [4.69, 9.17) is 11.3 Å². The molecule has 4 aromatic rings. The molecule has 0 amide bonds. The van der Waals surface area contributed by atoms with Crippen LogP contribution < -0.4 is 16.6 Å². The fraction of sp³-hybridized carbons (Fsp3) is 0.207. The molecule has 1 aliphatic rings. The van der Waals surface area contributed by atoms with Crippen molar-refractivity contribution in [1.29, 1.82) is 0 Å². The molecule has 3 atom stereocenters. The van der Waals surface area contributed by atoms with Crippen molar-refractivity contribution in [3.8, 4) is 0 Å². The van der Waals surface area contributed by atoms with Crippen LogP contribution in [0.25, 0.3) is 4.85 Å². The Bertz CT molecular complexity index is 1470. The molecule has 3 N–H and O–H groups in total. The molecular weight excluding hydrogens is 468 g/mol. The topological polar surface area (TPSA) is 101 Å². The standard InChI is InChI=1S/C29H26N4O4/c1-30-23-14-12-22(13-15-23)29(20-8-4-2-5-9-20,21-10-6-3-7-11-21)31-19-25-24(34)18-27(37-25)33-17-16-26(35)32-28(33)36/h2-17,24-25,27,31,34H,18-19H2,(H,32,35,36). The van der Waals surface area contributed by atoms with Crippen molar-refractivity contribution < 1.29 is 9.84 Å². The zero-order chi connectivity index (χ0) is 25.8. The number of aliphatic hydroxyl groups excluding tert-OH is 1. The van der Waals surface area contributed by atoms with Gasteiger partial charge < -0.3 is 9.84 Å². The summed E-state index contributed by atoms with van der Waals surface area (Å²) in [6.07, 6.45) is -0.553. The lowest BCUT2D eigenvalue weighted by Gasteiger charge is -2.38. The third-order valence-electron chi connectivity index (χ3n) is 6.78. The Kier molecular flexibility index (Phi) is 6.84. The van der Waals surface area contributed by atoms with Gasteiger partial charge in [0.15, 0.2) is 5.69 Å². The van der Waals surface area contributed by atoms with E-state index in [9.17, 15) is 14.7 Å². The maximum Gasteiger partial charge on any atom is 0.330 e. The normalized spacial score (nSPS) is 19.4. The number of aromatic amines is 1. The molecule has 5 rings (SSSR count). The number of aromatic nitrogens is 2. The van der Waals surface area contributed by atoms with E-state index in [1.54, 1.807) is 12.1 Å². The summed E-state index contributed by atoms with van der Waals surface area (Å²) in [5, 5.41) is 14.5. The van der Waals surface area contributed by atoms with Crippen molar-refractivity contribution in [2.75, 3.05) is 6.54 Å². The zero-order valence-electron chi connectivity index (χ0n) is 20.0. The predicted octanol–water partition coefficient (Wildman–Crippen LogP) is 3.32. The van der Waals surface area contributed by atoms with Crippen molar-refractivity contribution in [3.05, 3.63) is 146 Å². The minimum atomic E-state index is -0.829. The van der Waals surface area contributed by atoms with Crippen LogP contribution in [0.3, 0.4) is 0 Å². The number of nitrogens with zero attached hydrogens (tertiary/aromatic N) is 2. The molecular formula is C29H26N4O4. The predicted molar refractivity (Wildman–Crippen MR) is 139 cm³/mol. The Balaban J connectivity index is 1.52. The van der Waals surface area contributed by atoms with Crippen LogP contribution in [0, 0.1) is 6.57 Å². The molecule has 1 fully saturated rings. The van der Waals surface area contributed by atoms with Crippen LogP contribution in [0.4, 0.5) is 5.69 Å². The third kappa shape index (κ3) is 4.76. The average Bonchev–Trinajstić information content (AvgIpc) is 3.30. The Morgan fingerprint density at radius 1 is 0.946 bits per heavy atom. The lowest BCUT2D eigenvalue weighted by atomic mass is 9.76. The van der Waals surface area contributed by atoms with Gasteiger partial charge >= 0.3 is 5.69 Å². The summed E-state index contributed by atoms with van der Waals surface area (Å²) < 4.78 is 7.40. The molecule has 0 radical (unpaired) electrons. The molecule has 37 heavy (non-hydrogen) atoms. The van der Waals surface area contributed by atoms with Gasteiger partial charge in [0.1, 0.15) is 6.23 Å². The van der Waals surface area contributed by atoms with E-state index in [0.717, 1.165) is 16.7 Å². The second-order valence-electron chi connectivity index (χ2n) is 8.97. The first-order chi connectivity index (χ1) is 18.0. The molecule has 3 aromatic carbocycles. The first-order valence-electron chi connectivity index (χ1n) is 12.0. The van der Waals surface area contributed by atoms with E-state index in [-0.39, 0.29) is 13.0 Å². The van der Waals surface area contributed by atoms with Gasteiger partial charge in [-0.15, -0.1) is 0 Å². The van der Waals surface area contributed by atoms with Gasteiger partial charge in [-0.25, -0.2) is 9.64 Å². The lowest BCUT2D eigenvalue weighted by molar-refractivity contribution is -0.0212. The SMILES string of the molecule is [C-]#[N+]c1ccc(C(NCC2OC(n3ccc(=O)[nH]c3=O)CC2O)(c2ccccc2)c2ccccc2)cc1. The summed E-state index contributed by atoms with van der Waals surface area (Å²) in [6, 6.07) is 28.7. The van der Waals surface area contributed by atoms with Gasteiger partial charge in [0, 0.05) is 25.2 Å². The molecule has 0 aliphatic carbocycles. The number of rotatable bonds is 7. The molecule has 8 nitrogen and oxygen atoms in total. The minimum Gasteiger partial charge on any atom is -0.390 e. The number of benzene rings is 3. The summed E-state index contributed by atoms with van der Waals surface area (Å²) in [5.41, 5.74) is 1.56. The molecule has 186 valence electrons. The van der Waals surface area contributed by atoms with Crippen molar-refractivity contribution in [2.45, 2.75) is 30.4 Å². The molecule has 0 bridgehead atoms.